The van der Waals surface area contributed by atoms with Crippen molar-refractivity contribution in [3.63, 3.8) is 0 Å². The lowest BCUT2D eigenvalue weighted by atomic mass is 10.0. The maximum atomic E-state index is 7.24. The van der Waals surface area contributed by atoms with E-state index >= 15 is 0 Å². The first-order valence-electron chi connectivity index (χ1n) is 3.85. The molecule has 0 aromatic heterocycles. The number of nitrogens with two attached hydrogens (primary N) is 1. The number of nitrogens with zero attached hydrogens (tertiary/aromatic N) is 1. The van der Waals surface area contributed by atoms with Crippen molar-refractivity contribution in [3.8, 4) is 0 Å². The third kappa shape index (κ3) is 2.08. The summed E-state index contributed by atoms with van der Waals surface area (Å²) in [4.78, 5) is 1.89. The molecule has 0 aromatic rings. The van der Waals surface area contributed by atoms with E-state index in [1.807, 2.05) is 4.90 Å². The fourth-order valence-electron chi connectivity index (χ4n) is 1.35. The van der Waals surface area contributed by atoms with Crippen LogP contribution >= 0.6 is 0 Å². The second kappa shape index (κ2) is 2.70. The molecule has 11 heavy (non-hydrogen) atoms. The first-order valence-corrected chi connectivity index (χ1v) is 3.85. The third-order valence-corrected chi connectivity index (χ3v) is 1.91. The van der Waals surface area contributed by atoms with Gasteiger partial charge in [0, 0.05) is 25.2 Å². The molecule has 1 rings (SSSR count). The van der Waals surface area contributed by atoms with Gasteiger partial charge in [-0.1, -0.05) is 0 Å². The lowest BCUT2D eigenvalue weighted by molar-refractivity contribution is 0.223. The fourth-order valence-corrected chi connectivity index (χ4v) is 1.35. The van der Waals surface area contributed by atoms with E-state index in [2.05, 4.69) is 19.2 Å². The molecule has 0 spiro atoms. The Bertz CT molecular complexity index is 164. The van der Waals surface area contributed by atoms with Crippen LogP contribution in [0.2, 0.25) is 0 Å². The average molecular weight is 156 g/mol. The molecular weight excluding hydrogens is 140 g/mol. The quantitative estimate of drug-likeness (QED) is 0.329. The molecule has 0 atom stereocenters. The summed E-state index contributed by atoms with van der Waals surface area (Å²) in [6.45, 7) is 6.80. The van der Waals surface area contributed by atoms with Gasteiger partial charge in [-0.15, -0.1) is 0 Å². The molecule has 0 aliphatic carbocycles. The van der Waals surface area contributed by atoms with Crippen LogP contribution in [0.5, 0.6) is 0 Å². The first kappa shape index (κ1) is 8.33. The molecule has 1 heterocycles. The summed E-state index contributed by atoms with van der Waals surface area (Å²) in [5.74, 6) is 0.180. The van der Waals surface area contributed by atoms with Crippen molar-refractivity contribution in [2.45, 2.75) is 19.4 Å². The van der Waals surface area contributed by atoms with Gasteiger partial charge in [-0.2, -0.15) is 0 Å². The van der Waals surface area contributed by atoms with Gasteiger partial charge < -0.3 is 16.0 Å². The molecule has 0 amide bonds. The maximum absolute atomic E-state index is 7.24. The molecule has 4 heteroatoms. The van der Waals surface area contributed by atoms with Crippen LogP contribution in [-0.2, 0) is 0 Å². The largest absolute Gasteiger partial charge is 0.370 e. The summed E-state index contributed by atoms with van der Waals surface area (Å²) in [5.41, 5.74) is 5.46. The van der Waals surface area contributed by atoms with Gasteiger partial charge >= 0.3 is 0 Å². The molecular formula is C7H16N4. The molecule has 0 aromatic carbocycles. The standard InChI is InChI=1S/C7H16N4/c1-7(2)5-11(6(8)9)4-3-10-7/h10H,3-5H2,1-2H3,(H3,8,9). The second-order valence-corrected chi connectivity index (χ2v) is 3.62. The lowest BCUT2D eigenvalue weighted by Gasteiger charge is -2.39. The summed E-state index contributed by atoms with van der Waals surface area (Å²) in [6.07, 6.45) is 0. The fraction of sp³-hybridized carbons (Fsp3) is 0.857. The van der Waals surface area contributed by atoms with E-state index in [0.29, 0.717) is 0 Å². The van der Waals surface area contributed by atoms with E-state index in [1.165, 1.54) is 0 Å². The van der Waals surface area contributed by atoms with E-state index in [-0.39, 0.29) is 11.5 Å². The Labute approximate surface area is 67.3 Å². The van der Waals surface area contributed by atoms with E-state index in [9.17, 15) is 0 Å². The van der Waals surface area contributed by atoms with Crippen molar-refractivity contribution in [2.75, 3.05) is 19.6 Å². The van der Waals surface area contributed by atoms with Crippen LogP contribution in [0.1, 0.15) is 13.8 Å². The van der Waals surface area contributed by atoms with Crippen molar-refractivity contribution in [2.24, 2.45) is 5.73 Å². The van der Waals surface area contributed by atoms with Gasteiger partial charge in [0.1, 0.15) is 0 Å². The highest BCUT2D eigenvalue weighted by molar-refractivity contribution is 5.74. The summed E-state index contributed by atoms with van der Waals surface area (Å²) in [5, 5.41) is 10.6. The number of hydrogen-bond acceptors (Lipinski definition) is 2. The Kier molecular flexibility index (Phi) is 2.04. The molecule has 64 valence electrons. The molecule has 0 bridgehead atoms. The summed E-state index contributed by atoms with van der Waals surface area (Å²) in [6, 6.07) is 0. The first-order chi connectivity index (χ1) is 5.01. The number of piperazine rings is 1. The summed E-state index contributed by atoms with van der Waals surface area (Å²) in [7, 11) is 0. The SMILES string of the molecule is CC1(C)CN(C(=N)N)CCN1. The number of rotatable bonds is 0. The molecule has 4 N–H and O–H groups in total. The Morgan fingerprint density at radius 1 is 1.64 bits per heavy atom. The topological polar surface area (TPSA) is 65.1 Å². The smallest absolute Gasteiger partial charge is 0.188 e. The molecule has 1 aliphatic rings. The predicted molar refractivity (Wildman–Crippen MR) is 45.6 cm³/mol. The second-order valence-electron chi connectivity index (χ2n) is 3.62. The lowest BCUT2D eigenvalue weighted by Crippen LogP contribution is -2.59. The minimum Gasteiger partial charge on any atom is -0.370 e. The molecule has 1 saturated heterocycles. The normalized spacial score (nSPS) is 23.3. The van der Waals surface area contributed by atoms with Gasteiger partial charge in [-0.25, -0.2) is 0 Å². The van der Waals surface area contributed by atoms with Crippen LogP contribution in [0, 0.1) is 5.41 Å². The van der Waals surface area contributed by atoms with Crippen LogP contribution in [0.3, 0.4) is 0 Å². The van der Waals surface area contributed by atoms with Gasteiger partial charge in [0.2, 0.25) is 0 Å². The van der Waals surface area contributed by atoms with Crippen molar-refractivity contribution < 1.29 is 0 Å². The predicted octanol–water partition coefficient (Wildman–Crippen LogP) is -0.436. The van der Waals surface area contributed by atoms with E-state index < -0.39 is 0 Å². The van der Waals surface area contributed by atoms with Gasteiger partial charge in [0.25, 0.3) is 0 Å². The van der Waals surface area contributed by atoms with Crippen LogP contribution in [0.4, 0.5) is 0 Å². The highest BCUT2D eigenvalue weighted by Crippen LogP contribution is 2.08. The molecule has 0 unspecified atom stereocenters. The highest BCUT2D eigenvalue weighted by Gasteiger charge is 2.25. The Balaban J connectivity index is 2.53. The third-order valence-electron chi connectivity index (χ3n) is 1.91. The highest BCUT2D eigenvalue weighted by atomic mass is 15.3. The van der Waals surface area contributed by atoms with Gasteiger partial charge in [0.15, 0.2) is 5.96 Å². The van der Waals surface area contributed by atoms with Crippen LogP contribution in [0.25, 0.3) is 0 Å². The van der Waals surface area contributed by atoms with Crippen LogP contribution in [-0.4, -0.2) is 36.0 Å². The monoisotopic (exact) mass is 156 g/mol. The van der Waals surface area contributed by atoms with Crippen molar-refractivity contribution in [1.82, 2.24) is 10.2 Å². The number of hydrogen-bond donors (Lipinski definition) is 3. The van der Waals surface area contributed by atoms with E-state index in [1.54, 1.807) is 0 Å². The molecule has 1 fully saturated rings. The van der Waals surface area contributed by atoms with E-state index in [4.69, 9.17) is 11.1 Å². The molecule has 0 radical (unpaired) electrons. The zero-order chi connectivity index (χ0) is 8.48. The molecule has 4 nitrogen and oxygen atoms in total. The van der Waals surface area contributed by atoms with Crippen LogP contribution < -0.4 is 11.1 Å². The summed E-state index contributed by atoms with van der Waals surface area (Å²) >= 11 is 0. The Morgan fingerprint density at radius 3 is 2.64 bits per heavy atom. The van der Waals surface area contributed by atoms with Crippen molar-refractivity contribution >= 4 is 5.96 Å². The average Bonchev–Trinajstić information content (AvgIpc) is 1.85. The van der Waals surface area contributed by atoms with Crippen molar-refractivity contribution in [1.29, 1.82) is 5.41 Å². The summed E-state index contributed by atoms with van der Waals surface area (Å²) < 4.78 is 0. The van der Waals surface area contributed by atoms with Gasteiger partial charge in [0.05, 0.1) is 0 Å². The maximum Gasteiger partial charge on any atom is 0.188 e. The zero-order valence-electron chi connectivity index (χ0n) is 7.15. The molecule has 0 saturated carbocycles. The minimum absolute atomic E-state index is 0.0872. The number of nitrogens with one attached hydrogen (secondary N) is 2. The van der Waals surface area contributed by atoms with Gasteiger partial charge in [-0.3, -0.25) is 5.41 Å². The number of guanidine groups is 1. The van der Waals surface area contributed by atoms with E-state index in [0.717, 1.165) is 19.6 Å². The van der Waals surface area contributed by atoms with Crippen LogP contribution in [0.15, 0.2) is 0 Å². The van der Waals surface area contributed by atoms with Gasteiger partial charge in [-0.05, 0) is 13.8 Å². The molecule has 1 aliphatic heterocycles. The zero-order valence-corrected chi connectivity index (χ0v) is 7.15. The Hall–Kier alpha value is -0.770. The van der Waals surface area contributed by atoms with Crippen molar-refractivity contribution in [3.05, 3.63) is 0 Å². The Morgan fingerprint density at radius 2 is 2.27 bits per heavy atom. The minimum atomic E-state index is 0.0872.